The van der Waals surface area contributed by atoms with Crippen LogP contribution in [0.5, 0.6) is 0 Å². The van der Waals surface area contributed by atoms with Crippen LogP contribution in [0.4, 0.5) is 22.7 Å². The zero-order valence-corrected chi connectivity index (χ0v) is 26.5. The molecule has 0 fully saturated rings. The van der Waals surface area contributed by atoms with Gasteiger partial charge in [-0.1, -0.05) is 84.9 Å². The van der Waals surface area contributed by atoms with E-state index in [1.807, 2.05) is 85.5 Å². The summed E-state index contributed by atoms with van der Waals surface area (Å²) in [5.74, 6) is 0. The molecule has 4 aromatic carbocycles. The van der Waals surface area contributed by atoms with E-state index in [1.165, 1.54) is 22.3 Å². The van der Waals surface area contributed by atoms with Crippen LogP contribution >= 0.6 is 0 Å². The molecule has 0 saturated heterocycles. The average molecular weight is 625 g/mol. The van der Waals surface area contributed by atoms with Gasteiger partial charge in [0.05, 0.1) is 35.1 Å². The fourth-order valence-corrected chi connectivity index (χ4v) is 5.51. The third kappa shape index (κ3) is 7.69. The number of aliphatic imine (C=N–C) groups is 2. The molecule has 48 heavy (non-hydrogen) atoms. The lowest BCUT2D eigenvalue weighted by Crippen LogP contribution is -2.33. The number of rotatable bonds is 6. The minimum Gasteiger partial charge on any atom is -0.354 e. The summed E-state index contributed by atoms with van der Waals surface area (Å²) >= 11 is 0. The number of hydrogen-bond acceptors (Lipinski definition) is 4. The molecule has 7 rings (SSSR count). The fraction of sp³-hybridized carbons (Fsp3) is 0.0476. The number of hydrogen-bond donors (Lipinski definition) is 2. The number of anilines is 2. The summed E-state index contributed by atoms with van der Waals surface area (Å²) in [5.41, 5.74) is 10.2. The van der Waals surface area contributed by atoms with Gasteiger partial charge in [-0.25, -0.2) is 9.98 Å². The van der Waals surface area contributed by atoms with Gasteiger partial charge < -0.3 is 10.6 Å². The van der Waals surface area contributed by atoms with Crippen molar-refractivity contribution < 1.29 is 9.13 Å². The molecule has 6 aromatic rings. The molecule has 0 unspecified atom stereocenters. The highest BCUT2D eigenvalue weighted by atomic mass is 15.0. The average Bonchev–Trinajstić information content (AvgIpc) is 3.14. The van der Waals surface area contributed by atoms with Gasteiger partial charge in [0.15, 0.2) is 24.8 Å². The van der Waals surface area contributed by atoms with Crippen LogP contribution in [0.25, 0.3) is 11.4 Å². The predicted octanol–water partition coefficient (Wildman–Crippen LogP) is 8.38. The molecule has 0 aliphatic carbocycles. The monoisotopic (exact) mass is 624 g/mol. The maximum Gasteiger partial charge on any atom is 0.245 e. The maximum atomic E-state index is 4.94. The van der Waals surface area contributed by atoms with E-state index in [-0.39, 0.29) is 0 Å². The highest BCUT2D eigenvalue weighted by Gasteiger charge is 2.13. The predicted molar refractivity (Wildman–Crippen MR) is 197 cm³/mol. The van der Waals surface area contributed by atoms with E-state index in [0.29, 0.717) is 0 Å². The second-order valence-corrected chi connectivity index (χ2v) is 11.5. The highest BCUT2D eigenvalue weighted by molar-refractivity contribution is 6.02. The number of fused-ring (bicyclic) bond motifs is 2. The Labute approximate surface area is 281 Å². The third-order valence-corrected chi connectivity index (χ3v) is 8.13. The van der Waals surface area contributed by atoms with Crippen molar-refractivity contribution in [2.24, 2.45) is 9.98 Å². The van der Waals surface area contributed by atoms with E-state index in [0.717, 1.165) is 47.0 Å². The van der Waals surface area contributed by atoms with E-state index < -0.39 is 0 Å². The van der Waals surface area contributed by atoms with E-state index in [9.17, 15) is 0 Å². The minimum atomic E-state index is 0.818. The summed E-state index contributed by atoms with van der Waals surface area (Å²) in [6.07, 6.45) is 17.8. The molecule has 0 atom stereocenters. The summed E-state index contributed by atoms with van der Waals surface area (Å²) in [7, 11) is 0. The van der Waals surface area contributed by atoms with Crippen LogP contribution in [0.3, 0.4) is 0 Å². The van der Waals surface area contributed by atoms with Crippen LogP contribution in [-0.4, -0.2) is 12.4 Å². The normalized spacial score (nSPS) is 12.8. The minimum absolute atomic E-state index is 0.818. The third-order valence-electron chi connectivity index (χ3n) is 8.13. The molecule has 232 valence electrons. The molecule has 1 aliphatic rings. The van der Waals surface area contributed by atoms with Crippen LogP contribution in [0.15, 0.2) is 181 Å². The van der Waals surface area contributed by atoms with Crippen molar-refractivity contribution in [2.75, 3.05) is 10.6 Å². The molecule has 3 heterocycles. The SMILES string of the molecule is C1=Nc2ccccc2NC=C([n+]2ccc(Cc3ccccc3)cc2)C=Nc2ccccc2NC=C1[n+]1ccc(Cc2ccccc2)cc1. The van der Waals surface area contributed by atoms with Gasteiger partial charge in [0, 0.05) is 24.3 Å². The Kier molecular flexibility index (Phi) is 9.33. The molecule has 2 N–H and O–H groups in total. The standard InChI is InChI=1S/C42H36N6/c1-3-11-33(12-4-1)27-35-19-23-47(24-20-35)37-29-43-39-15-7-9-17-41(39)45-31-38(32-46-42-18-10-8-16-40(42)44-30-37)48-25-21-36(22-26-48)28-34-13-5-2-6-14-34/h1-26,29-32,43,46H,27-28H2/q+2. The van der Waals surface area contributed by atoms with E-state index in [1.54, 1.807) is 0 Å². The summed E-state index contributed by atoms with van der Waals surface area (Å²) < 4.78 is 4.13. The second-order valence-electron chi connectivity index (χ2n) is 11.5. The quantitative estimate of drug-likeness (QED) is 0.183. The Morgan fingerprint density at radius 3 is 1.17 bits per heavy atom. The first-order chi connectivity index (χ1) is 23.8. The van der Waals surface area contributed by atoms with Gasteiger partial charge in [-0.15, -0.1) is 0 Å². The maximum absolute atomic E-state index is 4.94. The molecule has 6 heteroatoms. The molecule has 6 nitrogen and oxygen atoms in total. The number of nitrogens with one attached hydrogen (secondary N) is 2. The van der Waals surface area contributed by atoms with Gasteiger partial charge in [-0.3, -0.25) is 0 Å². The zero-order valence-electron chi connectivity index (χ0n) is 26.5. The van der Waals surface area contributed by atoms with Gasteiger partial charge in [0.1, 0.15) is 12.4 Å². The number of aromatic nitrogens is 2. The lowest BCUT2D eigenvalue weighted by Gasteiger charge is -2.08. The topological polar surface area (TPSA) is 56.5 Å². The van der Waals surface area contributed by atoms with Crippen molar-refractivity contribution in [2.45, 2.75) is 12.8 Å². The van der Waals surface area contributed by atoms with E-state index in [2.05, 4.69) is 117 Å². The van der Waals surface area contributed by atoms with Gasteiger partial charge in [-0.2, -0.15) is 9.13 Å². The second kappa shape index (κ2) is 14.8. The summed E-state index contributed by atoms with van der Waals surface area (Å²) in [6.45, 7) is 0. The van der Waals surface area contributed by atoms with Crippen molar-refractivity contribution in [1.82, 2.24) is 0 Å². The van der Waals surface area contributed by atoms with Crippen LogP contribution in [-0.2, 0) is 12.8 Å². The lowest BCUT2D eigenvalue weighted by molar-refractivity contribution is -0.576. The first-order valence-corrected chi connectivity index (χ1v) is 16.1. The summed E-state index contributed by atoms with van der Waals surface area (Å²) in [5, 5.41) is 7.00. The van der Waals surface area contributed by atoms with E-state index in [4.69, 9.17) is 9.98 Å². The number of benzene rings is 4. The Morgan fingerprint density at radius 2 is 0.750 bits per heavy atom. The van der Waals surface area contributed by atoms with Gasteiger partial charge in [0.25, 0.3) is 0 Å². The molecular weight excluding hydrogens is 589 g/mol. The van der Waals surface area contributed by atoms with Crippen molar-refractivity contribution in [3.63, 3.8) is 0 Å². The number of nitrogens with zero attached hydrogens (tertiary/aromatic N) is 4. The Hall–Kier alpha value is -6.40. The Balaban J connectivity index is 1.21. The zero-order chi connectivity index (χ0) is 32.4. The van der Waals surface area contributed by atoms with Crippen molar-refractivity contribution in [1.29, 1.82) is 0 Å². The smallest absolute Gasteiger partial charge is 0.245 e. The number of allylic oxidation sites excluding steroid dienone is 2. The first-order valence-electron chi connectivity index (χ1n) is 16.1. The molecule has 1 aliphatic heterocycles. The van der Waals surface area contributed by atoms with E-state index >= 15 is 0 Å². The molecule has 0 radical (unpaired) electrons. The molecular formula is C42H36N6+2. The molecule has 2 aromatic heterocycles. The van der Waals surface area contributed by atoms with Crippen molar-refractivity contribution in [3.8, 4) is 0 Å². The van der Waals surface area contributed by atoms with Crippen molar-refractivity contribution >= 4 is 46.6 Å². The van der Waals surface area contributed by atoms with Crippen LogP contribution in [0.2, 0.25) is 0 Å². The van der Waals surface area contributed by atoms with Gasteiger partial charge in [-0.05, 0) is 59.4 Å². The van der Waals surface area contributed by atoms with Gasteiger partial charge in [0.2, 0.25) is 11.4 Å². The summed E-state index contributed by atoms with van der Waals surface area (Å²) in [4.78, 5) is 9.88. The largest absolute Gasteiger partial charge is 0.354 e. The molecule has 0 amide bonds. The van der Waals surface area contributed by atoms with Crippen LogP contribution < -0.4 is 19.8 Å². The Bertz CT molecular complexity index is 1940. The highest BCUT2D eigenvalue weighted by Crippen LogP contribution is 2.27. The molecule has 0 spiro atoms. The first kappa shape index (κ1) is 30.3. The van der Waals surface area contributed by atoms with Crippen molar-refractivity contribution in [3.05, 3.63) is 193 Å². The number of pyridine rings is 2. The van der Waals surface area contributed by atoms with Crippen LogP contribution in [0.1, 0.15) is 22.3 Å². The Morgan fingerprint density at radius 1 is 0.396 bits per heavy atom. The van der Waals surface area contributed by atoms with Crippen LogP contribution in [0, 0.1) is 0 Å². The fourth-order valence-electron chi connectivity index (χ4n) is 5.51. The molecule has 0 saturated carbocycles. The van der Waals surface area contributed by atoms with Gasteiger partial charge >= 0.3 is 0 Å². The lowest BCUT2D eigenvalue weighted by atomic mass is 10.1. The summed E-state index contributed by atoms with van der Waals surface area (Å²) in [6, 6.07) is 45.7. The molecule has 0 bridgehead atoms. The number of para-hydroxylation sites is 4.